The molecule has 1 aromatic rings. The Bertz CT molecular complexity index is 821. The van der Waals surface area contributed by atoms with E-state index in [1.807, 2.05) is 0 Å². The number of halogens is 1. The van der Waals surface area contributed by atoms with E-state index >= 15 is 0 Å². The largest absolute Gasteiger partial charge is 0.480 e. The predicted octanol–water partition coefficient (Wildman–Crippen LogP) is 2.99. The van der Waals surface area contributed by atoms with Gasteiger partial charge in [-0.25, -0.2) is 9.18 Å². The molecule has 2 saturated carbocycles. The van der Waals surface area contributed by atoms with Crippen LogP contribution in [0.3, 0.4) is 0 Å². The molecule has 0 heterocycles. The standard InChI is InChI=1S/C18H21FO6S/c1-2-18(11-12-3-5-14(18)9-12)25-16-10-13(4-6-15(16)19)17(20)24-7-8-26(21,22)23/h2,4,6,10,12,14H,1,3,5,7-9,11H2,(H,21,22,23). The fraction of sp³-hybridized carbons (Fsp3) is 0.500. The molecule has 3 unspecified atom stereocenters. The van der Waals surface area contributed by atoms with Crippen molar-refractivity contribution in [2.24, 2.45) is 11.8 Å². The van der Waals surface area contributed by atoms with Crippen LogP contribution in [0.1, 0.15) is 36.0 Å². The first kappa shape index (κ1) is 18.8. The van der Waals surface area contributed by atoms with Crippen molar-refractivity contribution in [1.82, 2.24) is 0 Å². The molecular formula is C18H21FO6S. The van der Waals surface area contributed by atoms with E-state index in [1.54, 1.807) is 6.08 Å². The van der Waals surface area contributed by atoms with Gasteiger partial charge in [0.05, 0.1) is 5.56 Å². The molecule has 1 N–H and O–H groups in total. The van der Waals surface area contributed by atoms with Gasteiger partial charge < -0.3 is 9.47 Å². The first-order chi connectivity index (χ1) is 12.2. The van der Waals surface area contributed by atoms with Gasteiger partial charge in [-0.3, -0.25) is 4.55 Å². The number of hydrogen-bond acceptors (Lipinski definition) is 5. The van der Waals surface area contributed by atoms with Crippen molar-refractivity contribution in [2.75, 3.05) is 12.4 Å². The molecule has 2 aliphatic rings. The van der Waals surface area contributed by atoms with Crippen molar-refractivity contribution in [1.29, 1.82) is 0 Å². The van der Waals surface area contributed by atoms with Crippen molar-refractivity contribution in [2.45, 2.75) is 31.3 Å². The molecule has 0 spiro atoms. The third-order valence-corrected chi connectivity index (χ3v) is 5.91. The first-order valence-electron chi connectivity index (χ1n) is 8.47. The van der Waals surface area contributed by atoms with Crippen molar-refractivity contribution < 1.29 is 31.6 Å². The fourth-order valence-corrected chi connectivity index (χ4v) is 4.27. The summed E-state index contributed by atoms with van der Waals surface area (Å²) in [6.45, 7) is 3.37. The molecule has 3 atom stereocenters. The minimum Gasteiger partial charge on any atom is -0.480 e. The number of fused-ring (bicyclic) bond motifs is 2. The Balaban J connectivity index is 1.73. The van der Waals surface area contributed by atoms with E-state index < -0.39 is 39.9 Å². The maximum atomic E-state index is 14.2. The average molecular weight is 384 g/mol. The number of carbonyl (C=O) groups excluding carboxylic acids is 1. The summed E-state index contributed by atoms with van der Waals surface area (Å²) in [5.74, 6) is -1.33. The first-order valence-corrected chi connectivity index (χ1v) is 10.1. The van der Waals surface area contributed by atoms with Gasteiger partial charge >= 0.3 is 5.97 Å². The molecule has 0 saturated heterocycles. The lowest BCUT2D eigenvalue weighted by atomic mass is 9.84. The zero-order chi connectivity index (χ0) is 18.9. The molecule has 6 nitrogen and oxygen atoms in total. The fourth-order valence-electron chi connectivity index (χ4n) is 3.97. The topological polar surface area (TPSA) is 89.9 Å². The molecule has 0 amide bonds. The van der Waals surface area contributed by atoms with Gasteiger partial charge in [0.1, 0.15) is 18.0 Å². The van der Waals surface area contributed by atoms with E-state index in [1.165, 1.54) is 12.1 Å². The molecule has 3 rings (SSSR count). The Labute approximate surface area is 151 Å². The Morgan fingerprint density at radius 2 is 2.19 bits per heavy atom. The normalized spacial score (nSPS) is 27.3. The maximum Gasteiger partial charge on any atom is 0.338 e. The summed E-state index contributed by atoms with van der Waals surface area (Å²) in [6.07, 6.45) is 5.70. The Morgan fingerprint density at radius 1 is 1.42 bits per heavy atom. The lowest BCUT2D eigenvalue weighted by Gasteiger charge is -2.35. The number of carbonyl (C=O) groups is 1. The zero-order valence-corrected chi connectivity index (χ0v) is 15.0. The SMILES string of the molecule is C=CC1(Oc2cc(C(=O)OCCS(=O)(=O)O)ccc2F)CC2CCC1C2. The van der Waals surface area contributed by atoms with Gasteiger partial charge in [-0.1, -0.05) is 6.58 Å². The van der Waals surface area contributed by atoms with E-state index in [0.29, 0.717) is 5.92 Å². The number of rotatable bonds is 7. The van der Waals surface area contributed by atoms with Crippen LogP contribution in [0.25, 0.3) is 0 Å². The zero-order valence-electron chi connectivity index (χ0n) is 14.2. The third kappa shape index (κ3) is 3.91. The molecule has 2 fully saturated rings. The second-order valence-corrected chi connectivity index (χ2v) is 8.48. The molecular weight excluding hydrogens is 363 g/mol. The van der Waals surface area contributed by atoms with Crippen molar-refractivity contribution in [3.8, 4) is 5.75 Å². The molecule has 2 aliphatic carbocycles. The van der Waals surface area contributed by atoms with Crippen molar-refractivity contribution >= 4 is 16.1 Å². The van der Waals surface area contributed by atoms with E-state index in [2.05, 4.69) is 6.58 Å². The van der Waals surface area contributed by atoms with Gasteiger partial charge in [-0.05, 0) is 55.9 Å². The van der Waals surface area contributed by atoms with Crippen LogP contribution in [0.2, 0.25) is 0 Å². The minimum atomic E-state index is -4.22. The Morgan fingerprint density at radius 3 is 2.77 bits per heavy atom. The van der Waals surface area contributed by atoms with Crippen LogP contribution in [-0.4, -0.2) is 36.9 Å². The molecule has 1 aromatic carbocycles. The molecule has 26 heavy (non-hydrogen) atoms. The maximum absolute atomic E-state index is 14.2. The predicted molar refractivity (Wildman–Crippen MR) is 92.1 cm³/mol. The second kappa shape index (κ2) is 7.00. The monoisotopic (exact) mass is 384 g/mol. The van der Waals surface area contributed by atoms with Gasteiger partial charge in [0.15, 0.2) is 11.6 Å². The Hall–Kier alpha value is -1.93. The van der Waals surface area contributed by atoms with E-state index in [0.717, 1.165) is 31.7 Å². The molecule has 0 aromatic heterocycles. The number of benzene rings is 1. The van der Waals surface area contributed by atoms with E-state index in [4.69, 9.17) is 14.0 Å². The van der Waals surface area contributed by atoms with Crippen LogP contribution in [-0.2, 0) is 14.9 Å². The van der Waals surface area contributed by atoms with Gasteiger partial charge in [-0.2, -0.15) is 8.42 Å². The van der Waals surface area contributed by atoms with Crippen LogP contribution in [0.4, 0.5) is 4.39 Å². The highest BCUT2D eigenvalue weighted by Gasteiger charge is 2.51. The average Bonchev–Trinajstić information content (AvgIpc) is 3.17. The summed E-state index contributed by atoms with van der Waals surface area (Å²) < 4.78 is 55.0. The number of ether oxygens (including phenoxy) is 2. The quantitative estimate of drug-likeness (QED) is 0.442. The molecule has 142 valence electrons. The van der Waals surface area contributed by atoms with Crippen LogP contribution in [0, 0.1) is 17.7 Å². The molecule has 2 bridgehead atoms. The van der Waals surface area contributed by atoms with Gasteiger partial charge in [-0.15, -0.1) is 0 Å². The van der Waals surface area contributed by atoms with Gasteiger partial charge in [0.25, 0.3) is 10.1 Å². The van der Waals surface area contributed by atoms with E-state index in [-0.39, 0.29) is 17.2 Å². The molecule has 8 heteroatoms. The van der Waals surface area contributed by atoms with Gasteiger partial charge in [0, 0.05) is 5.92 Å². The van der Waals surface area contributed by atoms with Crippen LogP contribution < -0.4 is 4.74 Å². The van der Waals surface area contributed by atoms with E-state index in [9.17, 15) is 17.6 Å². The third-order valence-electron chi connectivity index (χ3n) is 5.23. The summed E-state index contributed by atoms with van der Waals surface area (Å²) >= 11 is 0. The highest BCUT2D eigenvalue weighted by molar-refractivity contribution is 7.85. The smallest absolute Gasteiger partial charge is 0.338 e. The summed E-state index contributed by atoms with van der Waals surface area (Å²) in [5.41, 5.74) is -0.587. The summed E-state index contributed by atoms with van der Waals surface area (Å²) in [5, 5.41) is 0. The lowest BCUT2D eigenvalue weighted by Crippen LogP contribution is -2.39. The minimum absolute atomic E-state index is 0.0408. The van der Waals surface area contributed by atoms with Crippen LogP contribution >= 0.6 is 0 Å². The second-order valence-electron chi connectivity index (χ2n) is 6.91. The highest BCUT2D eigenvalue weighted by Crippen LogP contribution is 2.53. The van der Waals surface area contributed by atoms with Crippen LogP contribution in [0.5, 0.6) is 5.75 Å². The number of hydrogen-bond donors (Lipinski definition) is 1. The van der Waals surface area contributed by atoms with Crippen molar-refractivity contribution in [3.63, 3.8) is 0 Å². The van der Waals surface area contributed by atoms with Crippen molar-refractivity contribution in [3.05, 3.63) is 42.2 Å². The number of esters is 1. The van der Waals surface area contributed by atoms with Crippen LogP contribution in [0.15, 0.2) is 30.9 Å². The molecule has 0 radical (unpaired) electrons. The van der Waals surface area contributed by atoms with Gasteiger partial charge in [0.2, 0.25) is 0 Å². The molecule has 0 aliphatic heterocycles. The lowest BCUT2D eigenvalue weighted by molar-refractivity contribution is 0.0507. The Kier molecular flexibility index (Phi) is 5.07. The summed E-state index contributed by atoms with van der Waals surface area (Å²) in [4.78, 5) is 12.0. The summed E-state index contributed by atoms with van der Waals surface area (Å²) in [6, 6.07) is 3.60. The summed E-state index contributed by atoms with van der Waals surface area (Å²) in [7, 11) is -4.22. The highest BCUT2D eigenvalue weighted by atomic mass is 32.2.